The zero-order valence-electron chi connectivity index (χ0n) is 15.0. The fourth-order valence-electron chi connectivity index (χ4n) is 2.66. The van der Waals surface area contributed by atoms with Gasteiger partial charge in [-0.3, -0.25) is 4.79 Å². The van der Waals surface area contributed by atoms with Gasteiger partial charge in [-0.1, -0.05) is 32.9 Å². The Balaban J connectivity index is 2.04. The SMILES string of the molecule is Cc1ccc(C(C)(C)C)cc1S[C@H](C)C(=O)N[C@H]1CCS(=O)(=O)C1. The molecule has 0 bridgehead atoms. The van der Waals surface area contributed by atoms with Gasteiger partial charge in [-0.25, -0.2) is 8.42 Å². The zero-order chi connectivity index (χ0) is 18.1. The van der Waals surface area contributed by atoms with E-state index in [0.29, 0.717) is 6.42 Å². The Kier molecular flexibility index (Phi) is 5.70. The third-order valence-corrected chi connectivity index (χ3v) is 7.34. The van der Waals surface area contributed by atoms with Crippen molar-refractivity contribution in [2.24, 2.45) is 0 Å². The van der Waals surface area contributed by atoms with Crippen LogP contribution in [-0.2, 0) is 20.0 Å². The predicted molar refractivity (Wildman–Crippen MR) is 100 cm³/mol. The molecule has 2 rings (SSSR count). The largest absolute Gasteiger partial charge is 0.351 e. The molecule has 0 radical (unpaired) electrons. The van der Waals surface area contributed by atoms with Crippen molar-refractivity contribution in [1.82, 2.24) is 5.32 Å². The lowest BCUT2D eigenvalue weighted by molar-refractivity contribution is -0.120. The van der Waals surface area contributed by atoms with Crippen molar-refractivity contribution >= 4 is 27.5 Å². The van der Waals surface area contributed by atoms with Gasteiger partial charge in [0.1, 0.15) is 0 Å². The molecule has 24 heavy (non-hydrogen) atoms. The highest BCUT2D eigenvalue weighted by atomic mass is 32.2. The Hall–Kier alpha value is -1.01. The van der Waals surface area contributed by atoms with Crippen LogP contribution in [0.1, 0.15) is 45.2 Å². The van der Waals surface area contributed by atoms with Gasteiger partial charge in [0.2, 0.25) is 5.91 Å². The van der Waals surface area contributed by atoms with E-state index in [1.54, 1.807) is 0 Å². The Labute approximate surface area is 149 Å². The minimum atomic E-state index is -2.98. The van der Waals surface area contributed by atoms with Crippen molar-refractivity contribution in [2.75, 3.05) is 11.5 Å². The van der Waals surface area contributed by atoms with Crippen LogP contribution in [-0.4, -0.2) is 37.1 Å². The van der Waals surface area contributed by atoms with E-state index >= 15 is 0 Å². The number of hydrogen-bond donors (Lipinski definition) is 1. The van der Waals surface area contributed by atoms with Crippen LogP contribution in [0.15, 0.2) is 23.1 Å². The third-order valence-electron chi connectivity index (χ3n) is 4.31. The van der Waals surface area contributed by atoms with Crippen molar-refractivity contribution in [3.8, 4) is 0 Å². The number of carbonyl (C=O) groups is 1. The number of amides is 1. The van der Waals surface area contributed by atoms with Crippen LogP contribution in [0, 0.1) is 6.92 Å². The number of carbonyl (C=O) groups excluding carboxylic acids is 1. The number of aryl methyl sites for hydroxylation is 1. The molecule has 0 aromatic heterocycles. The topological polar surface area (TPSA) is 63.2 Å². The Morgan fingerprint density at radius 1 is 1.33 bits per heavy atom. The first-order chi connectivity index (χ1) is 11.0. The number of nitrogens with one attached hydrogen (secondary N) is 1. The van der Waals surface area contributed by atoms with Gasteiger partial charge in [0.25, 0.3) is 0 Å². The average molecular weight is 370 g/mol. The number of hydrogen-bond acceptors (Lipinski definition) is 4. The second-order valence-corrected chi connectivity index (χ2v) is 11.2. The molecule has 0 aliphatic carbocycles. The molecule has 0 saturated carbocycles. The Bertz CT molecular complexity index is 720. The molecule has 0 unspecified atom stereocenters. The van der Waals surface area contributed by atoms with E-state index in [2.05, 4.69) is 44.3 Å². The molecular weight excluding hydrogens is 342 g/mol. The number of benzene rings is 1. The van der Waals surface area contributed by atoms with Gasteiger partial charge < -0.3 is 5.32 Å². The third kappa shape index (κ3) is 4.99. The summed E-state index contributed by atoms with van der Waals surface area (Å²) in [5, 5.41) is 2.62. The Morgan fingerprint density at radius 3 is 2.54 bits per heavy atom. The lowest BCUT2D eigenvalue weighted by Crippen LogP contribution is -2.39. The smallest absolute Gasteiger partial charge is 0.233 e. The van der Waals surface area contributed by atoms with Crippen molar-refractivity contribution in [3.63, 3.8) is 0 Å². The Morgan fingerprint density at radius 2 is 2.00 bits per heavy atom. The molecule has 1 N–H and O–H groups in total. The summed E-state index contributed by atoms with van der Waals surface area (Å²) in [6.45, 7) is 10.4. The summed E-state index contributed by atoms with van der Waals surface area (Å²) in [4.78, 5) is 13.5. The minimum absolute atomic E-state index is 0.0622. The molecule has 1 aliphatic rings. The van der Waals surface area contributed by atoms with Crippen LogP contribution in [0.3, 0.4) is 0 Å². The maximum absolute atomic E-state index is 12.4. The molecule has 0 spiro atoms. The van der Waals surface area contributed by atoms with Gasteiger partial charge in [-0.2, -0.15) is 0 Å². The van der Waals surface area contributed by atoms with Gasteiger partial charge in [0, 0.05) is 10.9 Å². The van der Waals surface area contributed by atoms with Crippen molar-refractivity contribution in [3.05, 3.63) is 29.3 Å². The highest BCUT2D eigenvalue weighted by Gasteiger charge is 2.30. The highest BCUT2D eigenvalue weighted by molar-refractivity contribution is 8.00. The number of sulfone groups is 1. The summed E-state index contributed by atoms with van der Waals surface area (Å²) in [7, 11) is -2.98. The van der Waals surface area contributed by atoms with E-state index in [1.165, 1.54) is 17.3 Å². The summed E-state index contributed by atoms with van der Waals surface area (Å²) in [6, 6.07) is 6.14. The summed E-state index contributed by atoms with van der Waals surface area (Å²) >= 11 is 1.53. The van der Waals surface area contributed by atoms with Crippen LogP contribution in [0.4, 0.5) is 0 Å². The summed E-state index contributed by atoms with van der Waals surface area (Å²) in [5.74, 6) is 0.142. The van der Waals surface area contributed by atoms with Crippen LogP contribution in [0.5, 0.6) is 0 Å². The fraction of sp³-hybridized carbons (Fsp3) is 0.611. The molecule has 2 atom stereocenters. The predicted octanol–water partition coefficient (Wildman–Crippen LogP) is 3.08. The summed E-state index contributed by atoms with van der Waals surface area (Å²) < 4.78 is 23.0. The molecule has 1 heterocycles. The molecule has 1 saturated heterocycles. The molecule has 1 aromatic rings. The van der Waals surface area contributed by atoms with E-state index in [9.17, 15) is 13.2 Å². The second-order valence-electron chi connectivity index (χ2n) is 7.60. The fourth-order valence-corrected chi connectivity index (χ4v) is 5.34. The van der Waals surface area contributed by atoms with E-state index in [1.807, 2.05) is 13.8 Å². The van der Waals surface area contributed by atoms with E-state index in [-0.39, 0.29) is 34.1 Å². The summed E-state index contributed by atoms with van der Waals surface area (Å²) in [6.07, 6.45) is 0.518. The minimum Gasteiger partial charge on any atom is -0.351 e. The van der Waals surface area contributed by atoms with E-state index < -0.39 is 9.84 Å². The van der Waals surface area contributed by atoms with E-state index in [0.717, 1.165) is 10.5 Å². The average Bonchev–Trinajstić information content (AvgIpc) is 2.78. The van der Waals surface area contributed by atoms with E-state index in [4.69, 9.17) is 0 Å². The quantitative estimate of drug-likeness (QED) is 0.829. The molecule has 6 heteroatoms. The molecule has 1 fully saturated rings. The van der Waals surface area contributed by atoms with Crippen molar-refractivity contribution < 1.29 is 13.2 Å². The second kappa shape index (κ2) is 7.08. The normalized spacial score (nSPS) is 21.5. The number of rotatable bonds is 4. The number of thioether (sulfide) groups is 1. The van der Waals surface area contributed by atoms with Crippen LogP contribution in [0.25, 0.3) is 0 Å². The first-order valence-electron chi connectivity index (χ1n) is 8.26. The molecule has 1 aliphatic heterocycles. The lowest BCUT2D eigenvalue weighted by atomic mass is 9.87. The van der Waals surface area contributed by atoms with Gasteiger partial charge >= 0.3 is 0 Å². The first kappa shape index (κ1) is 19.3. The lowest BCUT2D eigenvalue weighted by Gasteiger charge is -2.22. The standard InChI is InChI=1S/C18H27NO3S2/c1-12-6-7-14(18(3,4)5)10-16(12)23-13(2)17(20)19-15-8-9-24(21,22)11-15/h6-7,10,13,15H,8-9,11H2,1-5H3,(H,19,20)/t13-,15+/m1/s1. The van der Waals surface area contributed by atoms with Gasteiger partial charge in [0.15, 0.2) is 9.84 Å². The van der Waals surface area contributed by atoms with Crippen LogP contribution in [0.2, 0.25) is 0 Å². The van der Waals surface area contributed by atoms with Crippen molar-refractivity contribution in [2.45, 2.75) is 62.6 Å². The van der Waals surface area contributed by atoms with Crippen molar-refractivity contribution in [1.29, 1.82) is 0 Å². The maximum Gasteiger partial charge on any atom is 0.233 e. The zero-order valence-corrected chi connectivity index (χ0v) is 16.7. The maximum atomic E-state index is 12.4. The highest BCUT2D eigenvalue weighted by Crippen LogP contribution is 2.32. The monoisotopic (exact) mass is 369 g/mol. The van der Waals surface area contributed by atoms with Crippen LogP contribution >= 0.6 is 11.8 Å². The molecule has 4 nitrogen and oxygen atoms in total. The van der Waals surface area contributed by atoms with Gasteiger partial charge in [-0.05, 0) is 42.9 Å². The first-order valence-corrected chi connectivity index (χ1v) is 11.0. The molecule has 134 valence electrons. The molecular formula is C18H27NO3S2. The summed E-state index contributed by atoms with van der Waals surface area (Å²) in [5.41, 5.74) is 2.45. The molecule has 1 amide bonds. The van der Waals surface area contributed by atoms with Crippen LogP contribution < -0.4 is 5.32 Å². The van der Waals surface area contributed by atoms with Gasteiger partial charge in [0.05, 0.1) is 16.8 Å². The van der Waals surface area contributed by atoms with Gasteiger partial charge in [-0.15, -0.1) is 11.8 Å². The molecule has 1 aromatic carbocycles.